The topological polar surface area (TPSA) is 37.2 Å². The van der Waals surface area contributed by atoms with Gasteiger partial charge in [-0.2, -0.15) is 5.10 Å². The molecule has 4 nitrogen and oxygen atoms in total. The van der Waals surface area contributed by atoms with Crippen molar-refractivity contribution in [3.63, 3.8) is 0 Å². The number of amidine groups is 1. The van der Waals surface area contributed by atoms with Gasteiger partial charge in [0.2, 0.25) is 0 Å². The van der Waals surface area contributed by atoms with Crippen LogP contribution in [0.1, 0.15) is 13.8 Å². The van der Waals surface area contributed by atoms with Gasteiger partial charge in [-0.1, -0.05) is 0 Å². The standard InChI is InChI=1S/C8H17N3O/c1-7(2)11(4)10-8(9-3)6-12-5/h7H,3,6H2,1-2,4-5H3/b10-8-. The number of nitrogens with zero attached hydrogens (tertiary/aromatic N) is 3. The van der Waals surface area contributed by atoms with E-state index in [0.29, 0.717) is 18.5 Å². The van der Waals surface area contributed by atoms with Gasteiger partial charge < -0.3 is 4.74 Å². The zero-order chi connectivity index (χ0) is 9.56. The van der Waals surface area contributed by atoms with Gasteiger partial charge in [0.25, 0.3) is 0 Å². The van der Waals surface area contributed by atoms with Gasteiger partial charge in [-0.05, 0) is 20.6 Å². The SMILES string of the molecule is C=N/C(COC)=N\N(C)C(C)C. The fraction of sp³-hybridized carbons (Fsp3) is 0.750. The molecule has 0 rings (SSSR count). The van der Waals surface area contributed by atoms with E-state index in [9.17, 15) is 0 Å². The maximum absolute atomic E-state index is 4.88. The summed E-state index contributed by atoms with van der Waals surface area (Å²) in [5, 5.41) is 6.00. The average molecular weight is 171 g/mol. The Balaban J connectivity index is 4.16. The van der Waals surface area contributed by atoms with Crippen molar-refractivity contribution in [1.29, 1.82) is 0 Å². The molecule has 70 valence electrons. The van der Waals surface area contributed by atoms with Gasteiger partial charge in [0, 0.05) is 20.2 Å². The molecule has 0 amide bonds. The summed E-state index contributed by atoms with van der Waals surface area (Å²) in [6, 6.07) is 0.360. The number of hydrogen-bond donors (Lipinski definition) is 0. The Morgan fingerprint density at radius 3 is 2.50 bits per heavy atom. The Kier molecular flexibility index (Phi) is 5.28. The van der Waals surface area contributed by atoms with Crippen LogP contribution >= 0.6 is 0 Å². The molecule has 0 fully saturated rings. The highest BCUT2D eigenvalue weighted by atomic mass is 16.5. The van der Waals surface area contributed by atoms with Gasteiger partial charge in [-0.25, -0.2) is 4.99 Å². The minimum absolute atomic E-state index is 0.360. The summed E-state index contributed by atoms with van der Waals surface area (Å²) in [7, 11) is 3.50. The number of aliphatic imine (C=N–C) groups is 1. The Morgan fingerprint density at radius 2 is 2.17 bits per heavy atom. The maximum Gasteiger partial charge on any atom is 0.173 e. The first-order chi connectivity index (χ1) is 5.61. The van der Waals surface area contributed by atoms with E-state index >= 15 is 0 Å². The van der Waals surface area contributed by atoms with Crippen LogP contribution < -0.4 is 0 Å². The summed E-state index contributed by atoms with van der Waals surface area (Å²) in [5.41, 5.74) is 0. The summed E-state index contributed by atoms with van der Waals surface area (Å²) in [4.78, 5) is 3.73. The second-order valence-corrected chi connectivity index (χ2v) is 2.77. The molecule has 0 aliphatic carbocycles. The van der Waals surface area contributed by atoms with Crippen molar-refractivity contribution in [3.8, 4) is 0 Å². The Morgan fingerprint density at radius 1 is 1.58 bits per heavy atom. The normalized spacial score (nSPS) is 11.9. The molecule has 0 atom stereocenters. The molecule has 0 bridgehead atoms. The quantitative estimate of drug-likeness (QED) is 0.359. The molecular weight excluding hydrogens is 154 g/mol. The van der Waals surface area contributed by atoms with E-state index < -0.39 is 0 Å². The van der Waals surface area contributed by atoms with Crippen LogP contribution in [-0.4, -0.2) is 44.4 Å². The Hall–Kier alpha value is -0.900. The van der Waals surface area contributed by atoms with Crippen molar-refractivity contribution in [1.82, 2.24) is 5.01 Å². The predicted molar refractivity (Wildman–Crippen MR) is 51.8 cm³/mol. The molecule has 0 aromatic rings. The predicted octanol–water partition coefficient (Wildman–Crippen LogP) is 0.987. The third-order valence-corrected chi connectivity index (χ3v) is 1.48. The van der Waals surface area contributed by atoms with Gasteiger partial charge in [0.1, 0.15) is 6.61 Å². The molecule has 0 saturated heterocycles. The molecule has 0 unspecified atom stereocenters. The Labute approximate surface area is 73.9 Å². The monoisotopic (exact) mass is 171 g/mol. The number of ether oxygens (including phenoxy) is 1. The molecule has 4 heteroatoms. The molecule has 12 heavy (non-hydrogen) atoms. The van der Waals surface area contributed by atoms with E-state index in [0.717, 1.165) is 0 Å². The van der Waals surface area contributed by atoms with E-state index in [1.54, 1.807) is 7.11 Å². The zero-order valence-corrected chi connectivity index (χ0v) is 8.24. The van der Waals surface area contributed by atoms with Gasteiger partial charge >= 0.3 is 0 Å². The third-order valence-electron chi connectivity index (χ3n) is 1.48. The molecule has 0 saturated carbocycles. The number of hydrazone groups is 1. The van der Waals surface area contributed by atoms with E-state index in [4.69, 9.17) is 4.74 Å². The highest BCUT2D eigenvalue weighted by Crippen LogP contribution is 1.95. The summed E-state index contributed by atoms with van der Waals surface area (Å²) < 4.78 is 4.88. The average Bonchev–Trinajstić information content (AvgIpc) is 2.03. The highest BCUT2D eigenvalue weighted by molar-refractivity contribution is 5.87. The minimum Gasteiger partial charge on any atom is -0.377 e. The lowest BCUT2D eigenvalue weighted by molar-refractivity contribution is 0.236. The molecule has 0 aromatic heterocycles. The first-order valence-corrected chi connectivity index (χ1v) is 3.87. The minimum atomic E-state index is 0.360. The fourth-order valence-electron chi connectivity index (χ4n) is 0.533. The molecule has 0 aromatic carbocycles. The number of rotatable bonds is 4. The smallest absolute Gasteiger partial charge is 0.173 e. The lowest BCUT2D eigenvalue weighted by Crippen LogP contribution is -2.23. The molecule has 0 N–H and O–H groups in total. The van der Waals surface area contributed by atoms with Crippen LogP contribution in [0.2, 0.25) is 0 Å². The molecule has 0 spiro atoms. The van der Waals surface area contributed by atoms with Gasteiger partial charge in [-0.15, -0.1) is 0 Å². The Bertz CT molecular complexity index is 166. The van der Waals surface area contributed by atoms with E-state index in [2.05, 4.69) is 30.7 Å². The third kappa shape index (κ3) is 4.08. The van der Waals surface area contributed by atoms with Crippen molar-refractivity contribution in [2.24, 2.45) is 10.1 Å². The second kappa shape index (κ2) is 5.71. The maximum atomic E-state index is 4.88. The largest absolute Gasteiger partial charge is 0.377 e. The summed E-state index contributed by atoms with van der Waals surface area (Å²) in [6.07, 6.45) is 0. The van der Waals surface area contributed by atoms with Crippen LogP contribution in [0.5, 0.6) is 0 Å². The summed E-state index contributed by atoms with van der Waals surface area (Å²) in [5.74, 6) is 0.605. The van der Waals surface area contributed by atoms with Gasteiger partial charge in [0.05, 0.1) is 0 Å². The second-order valence-electron chi connectivity index (χ2n) is 2.77. The molecule has 0 aliphatic heterocycles. The van der Waals surface area contributed by atoms with Crippen LogP contribution in [0.25, 0.3) is 0 Å². The van der Waals surface area contributed by atoms with E-state index in [-0.39, 0.29) is 0 Å². The van der Waals surface area contributed by atoms with Crippen molar-refractivity contribution >= 4 is 12.6 Å². The zero-order valence-electron chi connectivity index (χ0n) is 8.24. The van der Waals surface area contributed by atoms with Crippen LogP contribution in [0.4, 0.5) is 0 Å². The molecule has 0 aliphatic rings. The van der Waals surface area contributed by atoms with Gasteiger partial charge in [0.15, 0.2) is 5.84 Å². The van der Waals surface area contributed by atoms with Crippen molar-refractivity contribution in [2.75, 3.05) is 20.8 Å². The first kappa shape index (κ1) is 11.1. The molecular formula is C8H17N3O. The van der Waals surface area contributed by atoms with Crippen LogP contribution in [-0.2, 0) is 4.74 Å². The van der Waals surface area contributed by atoms with Crippen molar-refractivity contribution in [3.05, 3.63) is 0 Å². The van der Waals surface area contributed by atoms with Gasteiger partial charge in [-0.3, -0.25) is 5.01 Å². The molecule has 0 heterocycles. The van der Waals surface area contributed by atoms with Crippen molar-refractivity contribution < 1.29 is 4.74 Å². The molecule has 0 radical (unpaired) electrons. The highest BCUT2D eigenvalue weighted by Gasteiger charge is 2.01. The van der Waals surface area contributed by atoms with E-state index in [1.165, 1.54) is 0 Å². The number of hydrogen-bond acceptors (Lipinski definition) is 3. The van der Waals surface area contributed by atoms with Crippen LogP contribution in [0.3, 0.4) is 0 Å². The summed E-state index contributed by atoms with van der Waals surface area (Å²) in [6.45, 7) is 7.91. The van der Waals surface area contributed by atoms with Crippen LogP contribution in [0, 0.1) is 0 Å². The number of methoxy groups -OCH3 is 1. The van der Waals surface area contributed by atoms with Crippen molar-refractivity contribution in [2.45, 2.75) is 19.9 Å². The first-order valence-electron chi connectivity index (χ1n) is 3.87. The lowest BCUT2D eigenvalue weighted by Gasteiger charge is -2.17. The van der Waals surface area contributed by atoms with Crippen LogP contribution in [0.15, 0.2) is 10.1 Å². The van der Waals surface area contributed by atoms with E-state index in [1.807, 2.05) is 12.1 Å². The fourth-order valence-corrected chi connectivity index (χ4v) is 0.533. The summed E-state index contributed by atoms with van der Waals surface area (Å²) >= 11 is 0. The lowest BCUT2D eigenvalue weighted by atomic mass is 10.4.